The highest BCUT2D eigenvalue weighted by molar-refractivity contribution is 7.09. The molecule has 0 aliphatic carbocycles. The summed E-state index contributed by atoms with van der Waals surface area (Å²) < 4.78 is 0. The second kappa shape index (κ2) is 7.68. The topological polar surface area (TPSA) is 79.8 Å². The standard InChI is InChI=1S/C14H19N5OS/c1-3-5-16-13-8-15-7-12(19-13)14(20)17-6-4-11-9-21-10(2)18-11/h7-9H,3-6H2,1-2H3,(H,16,19)(H,17,20). The minimum Gasteiger partial charge on any atom is -0.369 e. The number of anilines is 1. The zero-order chi connectivity index (χ0) is 15.1. The quantitative estimate of drug-likeness (QED) is 0.818. The van der Waals surface area contributed by atoms with Gasteiger partial charge in [-0.3, -0.25) is 9.78 Å². The van der Waals surface area contributed by atoms with Crippen molar-refractivity contribution in [3.63, 3.8) is 0 Å². The normalized spacial score (nSPS) is 10.4. The van der Waals surface area contributed by atoms with Gasteiger partial charge in [0, 0.05) is 24.9 Å². The molecule has 2 rings (SSSR count). The lowest BCUT2D eigenvalue weighted by Gasteiger charge is -2.06. The Balaban J connectivity index is 1.85. The summed E-state index contributed by atoms with van der Waals surface area (Å²) >= 11 is 1.61. The molecule has 0 bridgehead atoms. The number of carbonyl (C=O) groups is 1. The Labute approximate surface area is 128 Å². The molecule has 0 unspecified atom stereocenters. The predicted molar refractivity (Wildman–Crippen MR) is 83.7 cm³/mol. The number of hydrogen-bond donors (Lipinski definition) is 2. The third-order valence-electron chi connectivity index (χ3n) is 2.76. The Bertz CT molecular complexity index is 599. The highest BCUT2D eigenvalue weighted by atomic mass is 32.1. The molecule has 0 radical (unpaired) electrons. The minimum atomic E-state index is -0.213. The van der Waals surface area contributed by atoms with Crippen LogP contribution in [-0.4, -0.2) is 33.9 Å². The molecule has 6 nitrogen and oxygen atoms in total. The summed E-state index contributed by atoms with van der Waals surface area (Å²) in [7, 11) is 0. The van der Waals surface area contributed by atoms with Crippen LogP contribution in [0.1, 0.15) is 34.5 Å². The van der Waals surface area contributed by atoms with E-state index in [2.05, 4.69) is 32.5 Å². The van der Waals surface area contributed by atoms with Crippen LogP contribution in [0.5, 0.6) is 0 Å². The van der Waals surface area contributed by atoms with Crippen molar-refractivity contribution in [2.24, 2.45) is 0 Å². The number of thiazole rings is 1. The van der Waals surface area contributed by atoms with E-state index in [0.29, 0.717) is 18.1 Å². The van der Waals surface area contributed by atoms with E-state index in [4.69, 9.17) is 0 Å². The van der Waals surface area contributed by atoms with Crippen molar-refractivity contribution in [3.8, 4) is 0 Å². The van der Waals surface area contributed by atoms with E-state index in [0.717, 1.165) is 30.1 Å². The molecule has 7 heteroatoms. The average Bonchev–Trinajstić information content (AvgIpc) is 2.91. The molecule has 0 saturated carbocycles. The lowest BCUT2D eigenvalue weighted by atomic mass is 10.3. The number of nitrogens with zero attached hydrogens (tertiary/aromatic N) is 3. The van der Waals surface area contributed by atoms with Crippen LogP contribution in [0, 0.1) is 6.92 Å². The Morgan fingerprint density at radius 3 is 2.86 bits per heavy atom. The summed E-state index contributed by atoms with van der Waals surface area (Å²) in [5, 5.41) is 9.00. The van der Waals surface area contributed by atoms with E-state index >= 15 is 0 Å². The highest BCUT2D eigenvalue weighted by Gasteiger charge is 2.08. The predicted octanol–water partition coefficient (Wildman–Crippen LogP) is 2.04. The lowest BCUT2D eigenvalue weighted by Crippen LogP contribution is -2.27. The number of hydrogen-bond acceptors (Lipinski definition) is 6. The summed E-state index contributed by atoms with van der Waals surface area (Å²) in [6, 6.07) is 0. The summed E-state index contributed by atoms with van der Waals surface area (Å²) in [5.41, 5.74) is 1.33. The van der Waals surface area contributed by atoms with Crippen molar-refractivity contribution in [3.05, 3.63) is 34.2 Å². The largest absolute Gasteiger partial charge is 0.369 e. The van der Waals surface area contributed by atoms with E-state index in [9.17, 15) is 4.79 Å². The number of carbonyl (C=O) groups excluding carboxylic acids is 1. The molecule has 0 atom stereocenters. The van der Waals surface area contributed by atoms with E-state index < -0.39 is 0 Å². The van der Waals surface area contributed by atoms with Gasteiger partial charge in [-0.25, -0.2) is 9.97 Å². The van der Waals surface area contributed by atoms with Crippen molar-refractivity contribution in [2.75, 3.05) is 18.4 Å². The molecule has 2 aromatic rings. The van der Waals surface area contributed by atoms with Gasteiger partial charge in [0.1, 0.15) is 11.5 Å². The van der Waals surface area contributed by atoms with Crippen molar-refractivity contribution in [1.29, 1.82) is 0 Å². The van der Waals surface area contributed by atoms with Crippen molar-refractivity contribution in [1.82, 2.24) is 20.3 Å². The Hall–Kier alpha value is -2.02. The van der Waals surface area contributed by atoms with Gasteiger partial charge < -0.3 is 10.6 Å². The summed E-state index contributed by atoms with van der Waals surface area (Å²) in [4.78, 5) is 24.6. The van der Waals surface area contributed by atoms with E-state index in [1.165, 1.54) is 6.20 Å². The molecular formula is C14H19N5OS. The fourth-order valence-corrected chi connectivity index (χ4v) is 2.38. The highest BCUT2D eigenvalue weighted by Crippen LogP contribution is 2.08. The minimum absolute atomic E-state index is 0.213. The first-order valence-corrected chi connectivity index (χ1v) is 7.82. The van der Waals surface area contributed by atoms with Crippen LogP contribution in [0.2, 0.25) is 0 Å². The van der Waals surface area contributed by atoms with E-state index in [-0.39, 0.29) is 5.91 Å². The van der Waals surface area contributed by atoms with Crippen LogP contribution >= 0.6 is 11.3 Å². The summed E-state index contributed by atoms with van der Waals surface area (Å²) in [6.07, 6.45) is 4.80. The number of amides is 1. The van der Waals surface area contributed by atoms with E-state index in [1.807, 2.05) is 12.3 Å². The maximum atomic E-state index is 12.0. The van der Waals surface area contributed by atoms with E-state index in [1.54, 1.807) is 17.5 Å². The molecule has 0 saturated heterocycles. The molecule has 0 aliphatic heterocycles. The van der Waals surface area contributed by atoms with Crippen LogP contribution in [-0.2, 0) is 6.42 Å². The first-order valence-electron chi connectivity index (χ1n) is 6.94. The number of aryl methyl sites for hydroxylation is 1. The molecule has 2 aromatic heterocycles. The van der Waals surface area contributed by atoms with Crippen LogP contribution in [0.4, 0.5) is 5.82 Å². The molecule has 0 aromatic carbocycles. The van der Waals surface area contributed by atoms with Crippen molar-refractivity contribution < 1.29 is 4.79 Å². The van der Waals surface area contributed by atoms with Crippen LogP contribution in [0.3, 0.4) is 0 Å². The molecular weight excluding hydrogens is 286 g/mol. The second-order valence-electron chi connectivity index (χ2n) is 4.58. The smallest absolute Gasteiger partial charge is 0.271 e. The zero-order valence-electron chi connectivity index (χ0n) is 12.2. The third kappa shape index (κ3) is 4.78. The van der Waals surface area contributed by atoms with Gasteiger partial charge >= 0.3 is 0 Å². The van der Waals surface area contributed by atoms with Crippen molar-refractivity contribution >= 4 is 23.1 Å². The molecule has 0 spiro atoms. The monoisotopic (exact) mass is 305 g/mol. The molecule has 0 fully saturated rings. The SMILES string of the molecule is CCCNc1cncc(C(=O)NCCc2csc(C)n2)n1. The van der Waals surface area contributed by atoms with Gasteiger partial charge in [-0.2, -0.15) is 0 Å². The van der Waals surface area contributed by atoms with Gasteiger partial charge in [0.25, 0.3) is 5.91 Å². The molecule has 112 valence electrons. The van der Waals surface area contributed by atoms with Gasteiger partial charge in [0.05, 0.1) is 23.1 Å². The van der Waals surface area contributed by atoms with Gasteiger partial charge in [0.2, 0.25) is 0 Å². The first kappa shape index (κ1) is 15.4. The van der Waals surface area contributed by atoms with Crippen LogP contribution < -0.4 is 10.6 Å². The Morgan fingerprint density at radius 1 is 1.29 bits per heavy atom. The van der Waals surface area contributed by atoms with Gasteiger partial charge in [-0.05, 0) is 13.3 Å². The second-order valence-corrected chi connectivity index (χ2v) is 5.64. The molecule has 21 heavy (non-hydrogen) atoms. The third-order valence-corrected chi connectivity index (χ3v) is 3.58. The maximum absolute atomic E-state index is 12.0. The first-order chi connectivity index (χ1) is 10.2. The zero-order valence-corrected chi connectivity index (χ0v) is 13.0. The maximum Gasteiger partial charge on any atom is 0.271 e. The molecule has 2 heterocycles. The van der Waals surface area contributed by atoms with Gasteiger partial charge in [-0.15, -0.1) is 11.3 Å². The van der Waals surface area contributed by atoms with Gasteiger partial charge in [-0.1, -0.05) is 6.92 Å². The Kier molecular flexibility index (Phi) is 5.62. The fourth-order valence-electron chi connectivity index (χ4n) is 1.73. The number of aromatic nitrogens is 3. The Morgan fingerprint density at radius 2 is 2.14 bits per heavy atom. The van der Waals surface area contributed by atoms with Gasteiger partial charge in [0.15, 0.2) is 0 Å². The fraction of sp³-hybridized carbons (Fsp3) is 0.429. The lowest BCUT2D eigenvalue weighted by molar-refractivity contribution is 0.0949. The van der Waals surface area contributed by atoms with Crippen LogP contribution in [0.15, 0.2) is 17.8 Å². The summed E-state index contributed by atoms with van der Waals surface area (Å²) in [5.74, 6) is 0.411. The number of rotatable bonds is 7. The summed E-state index contributed by atoms with van der Waals surface area (Å²) in [6.45, 7) is 5.38. The molecule has 2 N–H and O–H groups in total. The molecule has 0 aliphatic rings. The van der Waals surface area contributed by atoms with Crippen molar-refractivity contribution in [2.45, 2.75) is 26.7 Å². The number of nitrogens with one attached hydrogen (secondary N) is 2. The van der Waals surface area contributed by atoms with Crippen LogP contribution in [0.25, 0.3) is 0 Å². The molecule has 1 amide bonds. The average molecular weight is 305 g/mol.